The molecule has 120 valence electrons. The Labute approximate surface area is 124 Å². The zero-order chi connectivity index (χ0) is 15.9. The molecule has 1 saturated carbocycles. The van der Waals surface area contributed by atoms with Crippen molar-refractivity contribution in [3.8, 4) is 0 Å². The molecule has 2 atom stereocenters. The zero-order valence-electron chi connectivity index (χ0n) is 11.7. The molecule has 1 aromatic carbocycles. The molecule has 1 aromatic rings. The SMILES string of the molecule is O=C(O)C1CC(c2cc(F)c(F)cc2F)CC2(C1)OCCO2. The Bertz CT molecular complexity index is 599. The Morgan fingerprint density at radius 1 is 1.09 bits per heavy atom. The maximum Gasteiger partial charge on any atom is 0.306 e. The van der Waals surface area contributed by atoms with Crippen LogP contribution in [0, 0.1) is 23.4 Å². The Kier molecular flexibility index (Phi) is 3.86. The number of ether oxygens (including phenoxy) is 2. The van der Waals surface area contributed by atoms with E-state index in [4.69, 9.17) is 9.47 Å². The van der Waals surface area contributed by atoms with Crippen molar-refractivity contribution in [2.45, 2.75) is 31.0 Å². The lowest BCUT2D eigenvalue weighted by Gasteiger charge is -2.39. The van der Waals surface area contributed by atoms with Crippen LogP contribution in [0.5, 0.6) is 0 Å². The van der Waals surface area contributed by atoms with Gasteiger partial charge in [0, 0.05) is 18.9 Å². The summed E-state index contributed by atoms with van der Waals surface area (Å²) in [6, 6.07) is 1.28. The average Bonchev–Trinajstić information content (AvgIpc) is 2.90. The second-order valence-corrected chi connectivity index (χ2v) is 5.77. The van der Waals surface area contributed by atoms with Crippen LogP contribution in [-0.2, 0) is 14.3 Å². The summed E-state index contributed by atoms with van der Waals surface area (Å²) >= 11 is 0. The van der Waals surface area contributed by atoms with E-state index in [2.05, 4.69) is 0 Å². The molecule has 1 aliphatic heterocycles. The molecule has 0 amide bonds. The highest BCUT2D eigenvalue weighted by molar-refractivity contribution is 5.70. The first kappa shape index (κ1) is 15.3. The van der Waals surface area contributed by atoms with Crippen molar-refractivity contribution < 1.29 is 32.5 Å². The highest BCUT2D eigenvalue weighted by Gasteiger charge is 2.48. The zero-order valence-corrected chi connectivity index (χ0v) is 11.7. The molecule has 3 rings (SSSR count). The van der Waals surface area contributed by atoms with E-state index in [-0.39, 0.29) is 24.8 Å². The van der Waals surface area contributed by atoms with E-state index in [1.54, 1.807) is 0 Å². The number of benzene rings is 1. The number of carboxylic acid groups (broad SMARTS) is 1. The number of hydrogen-bond donors (Lipinski definition) is 1. The highest BCUT2D eigenvalue weighted by Crippen LogP contribution is 2.46. The second-order valence-electron chi connectivity index (χ2n) is 5.77. The monoisotopic (exact) mass is 316 g/mol. The fourth-order valence-corrected chi connectivity index (χ4v) is 3.35. The van der Waals surface area contributed by atoms with Crippen LogP contribution >= 0.6 is 0 Å². The Morgan fingerprint density at radius 3 is 2.36 bits per heavy atom. The van der Waals surface area contributed by atoms with E-state index in [9.17, 15) is 23.1 Å². The van der Waals surface area contributed by atoms with Crippen molar-refractivity contribution in [2.24, 2.45) is 5.92 Å². The first-order valence-electron chi connectivity index (χ1n) is 7.05. The molecule has 2 unspecified atom stereocenters. The summed E-state index contributed by atoms with van der Waals surface area (Å²) in [5.74, 6) is -6.82. The molecule has 22 heavy (non-hydrogen) atoms. The maximum absolute atomic E-state index is 14.0. The van der Waals surface area contributed by atoms with Gasteiger partial charge in [0.05, 0.1) is 19.1 Å². The van der Waals surface area contributed by atoms with Crippen molar-refractivity contribution in [1.82, 2.24) is 0 Å². The van der Waals surface area contributed by atoms with Gasteiger partial charge < -0.3 is 14.6 Å². The van der Waals surface area contributed by atoms with Crippen LogP contribution in [0.2, 0.25) is 0 Å². The summed E-state index contributed by atoms with van der Waals surface area (Å²) in [7, 11) is 0. The van der Waals surface area contributed by atoms with Crippen molar-refractivity contribution in [1.29, 1.82) is 0 Å². The van der Waals surface area contributed by atoms with Crippen LogP contribution in [0.15, 0.2) is 12.1 Å². The van der Waals surface area contributed by atoms with Crippen molar-refractivity contribution in [2.75, 3.05) is 13.2 Å². The van der Waals surface area contributed by atoms with Gasteiger partial charge in [-0.3, -0.25) is 4.79 Å². The standard InChI is InChI=1S/C15H15F3O4/c16-11-5-13(18)12(17)4-10(11)8-3-9(14(19)20)7-15(6-8)21-1-2-22-15/h4-5,8-9H,1-3,6-7H2,(H,19,20). The lowest BCUT2D eigenvalue weighted by molar-refractivity contribution is -0.197. The third-order valence-electron chi connectivity index (χ3n) is 4.33. The van der Waals surface area contributed by atoms with E-state index in [1.807, 2.05) is 0 Å². The predicted molar refractivity (Wildman–Crippen MR) is 68.7 cm³/mol. The topological polar surface area (TPSA) is 55.8 Å². The molecule has 7 heteroatoms. The Balaban J connectivity index is 1.95. The molecule has 4 nitrogen and oxygen atoms in total. The van der Waals surface area contributed by atoms with Gasteiger partial charge >= 0.3 is 5.97 Å². The van der Waals surface area contributed by atoms with E-state index < -0.39 is 41.0 Å². The minimum atomic E-state index is -1.27. The van der Waals surface area contributed by atoms with E-state index in [0.29, 0.717) is 19.3 Å². The van der Waals surface area contributed by atoms with Crippen molar-refractivity contribution in [3.63, 3.8) is 0 Å². The van der Waals surface area contributed by atoms with Crippen LogP contribution in [0.25, 0.3) is 0 Å². The summed E-state index contributed by atoms with van der Waals surface area (Å²) in [4.78, 5) is 11.3. The van der Waals surface area contributed by atoms with Gasteiger partial charge in [0.25, 0.3) is 0 Å². The fourth-order valence-electron chi connectivity index (χ4n) is 3.35. The van der Waals surface area contributed by atoms with E-state index in [1.165, 1.54) is 0 Å². The number of rotatable bonds is 2. The molecule has 0 bridgehead atoms. The molecule has 0 aromatic heterocycles. The molecule has 1 spiro atoms. The average molecular weight is 316 g/mol. The maximum atomic E-state index is 14.0. The van der Waals surface area contributed by atoms with Gasteiger partial charge in [-0.2, -0.15) is 0 Å². The third kappa shape index (κ3) is 2.70. The van der Waals surface area contributed by atoms with Gasteiger partial charge in [-0.05, 0) is 24.0 Å². The van der Waals surface area contributed by atoms with Gasteiger partial charge in [-0.1, -0.05) is 0 Å². The number of halogens is 3. The summed E-state index contributed by atoms with van der Waals surface area (Å²) in [5, 5.41) is 9.28. The smallest absolute Gasteiger partial charge is 0.306 e. The second kappa shape index (κ2) is 5.55. The molecule has 1 aliphatic carbocycles. The summed E-state index contributed by atoms with van der Waals surface area (Å²) < 4.78 is 51.5. The molecule has 2 aliphatic rings. The van der Waals surface area contributed by atoms with Crippen molar-refractivity contribution in [3.05, 3.63) is 35.1 Å². The third-order valence-corrected chi connectivity index (χ3v) is 4.33. The highest BCUT2D eigenvalue weighted by atomic mass is 19.2. The molecule has 1 N–H and O–H groups in total. The Morgan fingerprint density at radius 2 is 1.73 bits per heavy atom. The first-order chi connectivity index (χ1) is 10.4. The van der Waals surface area contributed by atoms with Crippen LogP contribution in [-0.4, -0.2) is 30.1 Å². The lowest BCUT2D eigenvalue weighted by atomic mass is 9.74. The predicted octanol–water partition coefficient (Wildman–Crippen LogP) is 2.82. The molecule has 2 fully saturated rings. The van der Waals surface area contributed by atoms with Crippen LogP contribution < -0.4 is 0 Å². The molecule has 1 saturated heterocycles. The fraction of sp³-hybridized carbons (Fsp3) is 0.533. The summed E-state index contributed by atoms with van der Waals surface area (Å²) in [6.07, 6.45) is 0.523. The van der Waals surface area contributed by atoms with Gasteiger partial charge in [0.2, 0.25) is 0 Å². The van der Waals surface area contributed by atoms with Gasteiger partial charge in [-0.15, -0.1) is 0 Å². The molecule has 1 heterocycles. The van der Waals surface area contributed by atoms with Gasteiger partial charge in [0.15, 0.2) is 17.4 Å². The minimum absolute atomic E-state index is 0.0386. The van der Waals surface area contributed by atoms with Crippen molar-refractivity contribution >= 4 is 5.97 Å². The normalized spacial score (nSPS) is 27.2. The van der Waals surface area contributed by atoms with E-state index in [0.717, 1.165) is 6.07 Å². The number of hydrogen-bond acceptors (Lipinski definition) is 3. The number of carboxylic acids is 1. The largest absolute Gasteiger partial charge is 0.481 e. The lowest BCUT2D eigenvalue weighted by Crippen LogP contribution is -2.42. The van der Waals surface area contributed by atoms with Crippen LogP contribution in [0.4, 0.5) is 13.2 Å². The van der Waals surface area contributed by atoms with Crippen LogP contribution in [0.3, 0.4) is 0 Å². The van der Waals surface area contributed by atoms with Gasteiger partial charge in [-0.25, -0.2) is 13.2 Å². The van der Waals surface area contributed by atoms with E-state index >= 15 is 0 Å². The molecule has 0 radical (unpaired) electrons. The van der Waals surface area contributed by atoms with Gasteiger partial charge in [0.1, 0.15) is 5.82 Å². The van der Waals surface area contributed by atoms with Crippen LogP contribution in [0.1, 0.15) is 30.7 Å². The summed E-state index contributed by atoms with van der Waals surface area (Å²) in [6.45, 7) is 0.665. The molecular weight excluding hydrogens is 301 g/mol. The summed E-state index contributed by atoms with van der Waals surface area (Å²) in [5.41, 5.74) is -0.0386. The number of aliphatic carboxylic acids is 1. The first-order valence-corrected chi connectivity index (χ1v) is 7.05. The Hall–Kier alpha value is -1.60. The number of carbonyl (C=O) groups is 1. The minimum Gasteiger partial charge on any atom is -0.481 e. The molecular formula is C15H15F3O4. The quantitative estimate of drug-likeness (QED) is 0.853.